The van der Waals surface area contributed by atoms with Crippen LogP contribution in [0, 0.1) is 0 Å². The van der Waals surface area contributed by atoms with Gasteiger partial charge in [0.15, 0.2) is 0 Å². The van der Waals surface area contributed by atoms with Crippen LogP contribution in [-0.2, 0) is 29.2 Å². The van der Waals surface area contributed by atoms with E-state index < -0.39 is 27.0 Å². The zero-order chi connectivity index (χ0) is 16.6. The number of hydrogen-bond acceptors (Lipinski definition) is 8. The third kappa shape index (κ3) is 9.04. The van der Waals surface area contributed by atoms with Gasteiger partial charge >= 0.3 is 41.5 Å². The van der Waals surface area contributed by atoms with Crippen LogP contribution >= 0.6 is 0 Å². The molecule has 10 heteroatoms. The Morgan fingerprint density at radius 2 is 1.61 bits per heavy atom. The summed E-state index contributed by atoms with van der Waals surface area (Å²) in [5, 5.41) is 0. The molecule has 0 saturated heterocycles. The van der Waals surface area contributed by atoms with E-state index in [4.69, 9.17) is 14.2 Å². The minimum atomic E-state index is -4.54. The predicted octanol–water partition coefficient (Wildman–Crippen LogP) is -2.53. The average molecular weight is 354 g/mol. The summed E-state index contributed by atoms with van der Waals surface area (Å²) >= 11 is 0. The van der Waals surface area contributed by atoms with Crippen molar-refractivity contribution in [2.24, 2.45) is 0 Å². The van der Waals surface area contributed by atoms with E-state index in [0.717, 1.165) is 12.1 Å². The van der Waals surface area contributed by atoms with Gasteiger partial charge in [-0.3, -0.25) is 9.59 Å². The zero-order valence-electron chi connectivity index (χ0n) is 12.8. The molecule has 0 aliphatic carbocycles. The minimum Gasteiger partial charge on any atom is -0.744 e. The molecule has 0 heterocycles. The summed E-state index contributed by atoms with van der Waals surface area (Å²) < 4.78 is 46.5. The minimum absolute atomic E-state index is 0. The molecule has 8 nitrogen and oxygen atoms in total. The Kier molecular flexibility index (Phi) is 10.3. The van der Waals surface area contributed by atoms with Gasteiger partial charge < -0.3 is 18.8 Å². The van der Waals surface area contributed by atoms with Crippen molar-refractivity contribution in [2.45, 2.75) is 17.7 Å². The maximum Gasteiger partial charge on any atom is 1.00 e. The van der Waals surface area contributed by atoms with E-state index in [-0.39, 0.29) is 61.4 Å². The molecule has 0 aliphatic heterocycles. The normalized spacial score (nSPS) is 10.5. The van der Waals surface area contributed by atoms with Crippen LogP contribution in [-0.4, -0.2) is 45.2 Å². The van der Waals surface area contributed by atoms with Gasteiger partial charge in [-0.15, -0.1) is 0 Å². The van der Waals surface area contributed by atoms with Gasteiger partial charge in [-0.2, -0.15) is 0 Å². The standard InChI is InChI=1S/C13H16O8S.Na/c1-19-8-9-20-12(14)6-7-13(15)21-10-2-4-11(5-3-10)22(16,17)18;/h2-5H,6-9H2,1H3,(H,16,17,18);/q;+1/p-1. The molecular formula is C13H15NaO8S. The van der Waals surface area contributed by atoms with E-state index in [2.05, 4.69) is 0 Å². The third-order valence-corrected chi connectivity index (χ3v) is 3.28. The predicted molar refractivity (Wildman–Crippen MR) is 72.1 cm³/mol. The van der Waals surface area contributed by atoms with Crippen molar-refractivity contribution >= 4 is 22.1 Å². The van der Waals surface area contributed by atoms with Crippen LogP contribution in [0.25, 0.3) is 0 Å². The van der Waals surface area contributed by atoms with Crippen molar-refractivity contribution in [1.29, 1.82) is 0 Å². The van der Waals surface area contributed by atoms with Crippen LogP contribution < -0.4 is 34.3 Å². The number of ether oxygens (including phenoxy) is 3. The van der Waals surface area contributed by atoms with Gasteiger partial charge in [-0.25, -0.2) is 8.42 Å². The molecule has 0 atom stereocenters. The van der Waals surface area contributed by atoms with Gasteiger partial charge in [0.05, 0.1) is 24.3 Å². The molecule has 1 aromatic carbocycles. The second kappa shape index (κ2) is 10.7. The van der Waals surface area contributed by atoms with Crippen molar-refractivity contribution in [3.63, 3.8) is 0 Å². The fourth-order valence-corrected chi connectivity index (χ4v) is 1.84. The Morgan fingerprint density at radius 3 is 2.13 bits per heavy atom. The van der Waals surface area contributed by atoms with Crippen LogP contribution in [0.4, 0.5) is 0 Å². The molecule has 0 N–H and O–H groups in total. The van der Waals surface area contributed by atoms with Crippen molar-refractivity contribution in [3.8, 4) is 5.75 Å². The molecule has 1 rings (SSSR count). The molecule has 0 saturated carbocycles. The molecule has 0 fully saturated rings. The monoisotopic (exact) mass is 354 g/mol. The summed E-state index contributed by atoms with van der Waals surface area (Å²) in [6, 6.07) is 4.42. The summed E-state index contributed by atoms with van der Waals surface area (Å²) in [5.41, 5.74) is 0. The van der Waals surface area contributed by atoms with Gasteiger partial charge in [0.25, 0.3) is 0 Å². The van der Waals surface area contributed by atoms with Gasteiger partial charge in [0.2, 0.25) is 0 Å². The molecular weight excluding hydrogens is 339 g/mol. The van der Waals surface area contributed by atoms with E-state index in [0.29, 0.717) is 0 Å². The smallest absolute Gasteiger partial charge is 0.744 e. The Morgan fingerprint density at radius 1 is 1.04 bits per heavy atom. The summed E-state index contributed by atoms with van der Waals surface area (Å²) in [6.07, 6.45) is -0.330. The molecule has 0 spiro atoms. The first-order valence-electron chi connectivity index (χ1n) is 6.24. The Labute approximate surface area is 156 Å². The second-order valence-electron chi connectivity index (χ2n) is 4.11. The fourth-order valence-electron chi connectivity index (χ4n) is 1.37. The fraction of sp³-hybridized carbons (Fsp3) is 0.385. The molecule has 0 aromatic heterocycles. The molecule has 0 bridgehead atoms. The molecule has 0 amide bonds. The van der Waals surface area contributed by atoms with Gasteiger partial charge in [-0.1, -0.05) is 0 Å². The van der Waals surface area contributed by atoms with Crippen LogP contribution in [0.3, 0.4) is 0 Å². The molecule has 1 aromatic rings. The van der Waals surface area contributed by atoms with Gasteiger partial charge in [0.1, 0.15) is 22.5 Å². The molecule has 0 unspecified atom stereocenters. The Balaban J connectivity index is 0.00000484. The topological polar surface area (TPSA) is 119 Å². The molecule has 23 heavy (non-hydrogen) atoms. The van der Waals surface area contributed by atoms with Crippen molar-refractivity contribution in [1.82, 2.24) is 0 Å². The first-order chi connectivity index (χ1) is 10.3. The summed E-state index contributed by atoms with van der Waals surface area (Å²) in [4.78, 5) is 22.3. The zero-order valence-corrected chi connectivity index (χ0v) is 15.6. The SMILES string of the molecule is COCCOC(=O)CCC(=O)Oc1ccc(S(=O)(=O)[O-])cc1.[Na+]. The van der Waals surface area contributed by atoms with E-state index in [1.165, 1.54) is 19.2 Å². The summed E-state index contributed by atoms with van der Waals surface area (Å²) in [6.45, 7) is 0.376. The van der Waals surface area contributed by atoms with Crippen molar-refractivity contribution in [2.75, 3.05) is 20.3 Å². The van der Waals surface area contributed by atoms with Crippen LogP contribution in [0.15, 0.2) is 29.2 Å². The number of esters is 2. The molecule has 122 valence electrons. The van der Waals surface area contributed by atoms with Crippen LogP contribution in [0.2, 0.25) is 0 Å². The first kappa shape index (κ1) is 22.0. The van der Waals surface area contributed by atoms with Crippen molar-refractivity contribution in [3.05, 3.63) is 24.3 Å². The molecule has 0 aliphatic rings. The largest absolute Gasteiger partial charge is 1.00 e. The third-order valence-electron chi connectivity index (χ3n) is 2.43. The number of methoxy groups -OCH3 is 1. The average Bonchev–Trinajstić information content (AvgIpc) is 2.45. The number of carbonyl (C=O) groups excluding carboxylic acids is 2. The van der Waals surface area contributed by atoms with Crippen LogP contribution in [0.1, 0.15) is 12.8 Å². The summed E-state index contributed by atoms with van der Waals surface area (Å²) in [5.74, 6) is -1.16. The van der Waals surface area contributed by atoms with E-state index in [9.17, 15) is 22.6 Å². The maximum atomic E-state index is 11.5. The number of carbonyl (C=O) groups is 2. The maximum absolute atomic E-state index is 11.5. The van der Waals surface area contributed by atoms with Gasteiger partial charge in [0, 0.05) is 7.11 Å². The first-order valence-corrected chi connectivity index (χ1v) is 7.65. The van der Waals surface area contributed by atoms with Crippen molar-refractivity contribution < 1.29 is 66.3 Å². The summed E-state index contributed by atoms with van der Waals surface area (Å²) in [7, 11) is -3.08. The number of hydrogen-bond donors (Lipinski definition) is 0. The van der Waals surface area contributed by atoms with E-state index in [1.807, 2.05) is 0 Å². The number of benzene rings is 1. The van der Waals surface area contributed by atoms with Gasteiger partial charge in [-0.05, 0) is 24.3 Å². The Bertz CT molecular complexity index is 611. The van der Waals surface area contributed by atoms with E-state index >= 15 is 0 Å². The second-order valence-corrected chi connectivity index (χ2v) is 5.49. The van der Waals surface area contributed by atoms with E-state index in [1.54, 1.807) is 0 Å². The van der Waals surface area contributed by atoms with Crippen LogP contribution in [0.5, 0.6) is 5.75 Å². The quantitative estimate of drug-likeness (QED) is 0.165. The molecule has 0 radical (unpaired) electrons. The number of rotatable bonds is 8. The Hall–Kier alpha value is -0.970.